The summed E-state index contributed by atoms with van der Waals surface area (Å²) in [4.78, 5) is 0. The van der Waals surface area contributed by atoms with Gasteiger partial charge in [-0.05, 0) is 24.6 Å². The van der Waals surface area contributed by atoms with Gasteiger partial charge < -0.3 is 9.47 Å². The molecule has 0 saturated heterocycles. The zero-order chi connectivity index (χ0) is 12.0. The molecule has 2 aromatic carbocycles. The van der Waals surface area contributed by atoms with E-state index >= 15 is 0 Å². The zero-order valence-corrected chi connectivity index (χ0v) is 10.5. The van der Waals surface area contributed by atoms with Gasteiger partial charge in [0.2, 0.25) is 0 Å². The quantitative estimate of drug-likeness (QED) is 0.557. The molecule has 86 valence electrons. The van der Waals surface area contributed by atoms with Gasteiger partial charge in [0, 0.05) is 12.1 Å². The average molecular weight is 267 g/mol. The summed E-state index contributed by atoms with van der Waals surface area (Å²) in [5.74, 6) is 2.53. The Kier molecular flexibility index (Phi) is 2.42. The van der Waals surface area contributed by atoms with Gasteiger partial charge in [0.05, 0.1) is 10.0 Å². The van der Waals surface area contributed by atoms with Crippen molar-refractivity contribution in [3.8, 4) is 23.0 Å². The van der Waals surface area contributed by atoms with E-state index in [1.54, 1.807) is 12.1 Å². The molecule has 0 aliphatic carbocycles. The largest absolute Gasteiger partial charge is 0.449 e. The van der Waals surface area contributed by atoms with Crippen LogP contribution in [-0.4, -0.2) is 0 Å². The summed E-state index contributed by atoms with van der Waals surface area (Å²) in [5, 5.41) is 0.898. The Morgan fingerprint density at radius 2 is 1.29 bits per heavy atom. The van der Waals surface area contributed by atoms with E-state index in [1.807, 2.05) is 25.1 Å². The van der Waals surface area contributed by atoms with Gasteiger partial charge in [-0.1, -0.05) is 29.3 Å². The molecule has 1 heterocycles. The van der Waals surface area contributed by atoms with Crippen LogP contribution in [0, 0.1) is 6.92 Å². The fourth-order valence-electron chi connectivity index (χ4n) is 1.69. The fraction of sp³-hybridized carbons (Fsp3) is 0.0769. The predicted molar refractivity (Wildman–Crippen MR) is 67.8 cm³/mol. The van der Waals surface area contributed by atoms with E-state index in [-0.39, 0.29) is 0 Å². The first-order valence-corrected chi connectivity index (χ1v) is 5.84. The molecule has 2 nitrogen and oxygen atoms in total. The summed E-state index contributed by atoms with van der Waals surface area (Å²) in [5.41, 5.74) is 1.11. The van der Waals surface area contributed by atoms with Gasteiger partial charge in [0.1, 0.15) is 0 Å². The van der Waals surface area contributed by atoms with Crippen LogP contribution in [0.5, 0.6) is 23.0 Å². The van der Waals surface area contributed by atoms with Gasteiger partial charge in [-0.3, -0.25) is 0 Å². The second kappa shape index (κ2) is 3.83. The van der Waals surface area contributed by atoms with Crippen LogP contribution >= 0.6 is 23.2 Å². The Hall–Kier alpha value is -1.38. The third-order valence-corrected chi connectivity index (χ3v) is 3.25. The first kappa shape index (κ1) is 10.8. The van der Waals surface area contributed by atoms with Crippen molar-refractivity contribution in [1.29, 1.82) is 0 Å². The molecule has 0 radical (unpaired) electrons. The molecule has 1 aliphatic rings. The van der Waals surface area contributed by atoms with E-state index in [0.29, 0.717) is 33.0 Å². The lowest BCUT2D eigenvalue weighted by Crippen LogP contribution is -1.99. The summed E-state index contributed by atoms with van der Waals surface area (Å²) < 4.78 is 11.4. The fourth-order valence-corrected chi connectivity index (χ4v) is 1.99. The number of fused-ring (bicyclic) bond motifs is 2. The minimum Gasteiger partial charge on any atom is -0.449 e. The molecule has 0 amide bonds. The van der Waals surface area contributed by atoms with Crippen molar-refractivity contribution < 1.29 is 9.47 Å². The summed E-state index contributed by atoms with van der Waals surface area (Å²) >= 11 is 11.9. The first-order valence-electron chi connectivity index (χ1n) is 5.09. The van der Waals surface area contributed by atoms with Gasteiger partial charge in [-0.15, -0.1) is 0 Å². The van der Waals surface area contributed by atoms with Crippen molar-refractivity contribution in [1.82, 2.24) is 0 Å². The molecule has 0 atom stereocenters. The van der Waals surface area contributed by atoms with Crippen LogP contribution in [0.3, 0.4) is 0 Å². The Morgan fingerprint density at radius 3 is 1.94 bits per heavy atom. The van der Waals surface area contributed by atoms with E-state index in [1.165, 1.54) is 0 Å². The van der Waals surface area contributed by atoms with E-state index in [4.69, 9.17) is 32.7 Å². The molecule has 0 fully saturated rings. The third kappa shape index (κ3) is 1.84. The van der Waals surface area contributed by atoms with Crippen molar-refractivity contribution in [2.45, 2.75) is 6.92 Å². The van der Waals surface area contributed by atoms with Crippen LogP contribution in [0.25, 0.3) is 0 Å². The van der Waals surface area contributed by atoms with Crippen LogP contribution in [0.4, 0.5) is 0 Å². The molecule has 0 bridgehead atoms. The van der Waals surface area contributed by atoms with E-state index in [9.17, 15) is 0 Å². The zero-order valence-electron chi connectivity index (χ0n) is 8.96. The Balaban J connectivity index is 2.11. The number of aryl methyl sites for hydroxylation is 1. The average Bonchev–Trinajstić information content (AvgIpc) is 2.28. The van der Waals surface area contributed by atoms with Crippen molar-refractivity contribution in [2.24, 2.45) is 0 Å². The lowest BCUT2D eigenvalue weighted by atomic mass is 10.2. The smallest absolute Gasteiger partial charge is 0.171 e. The van der Waals surface area contributed by atoms with Crippen LogP contribution in [0.15, 0.2) is 30.3 Å². The number of ether oxygens (including phenoxy) is 2. The van der Waals surface area contributed by atoms with Gasteiger partial charge in [-0.25, -0.2) is 0 Å². The molecular weight excluding hydrogens is 259 g/mol. The van der Waals surface area contributed by atoms with Gasteiger partial charge in [0.15, 0.2) is 23.0 Å². The van der Waals surface area contributed by atoms with Gasteiger partial charge >= 0.3 is 0 Å². The van der Waals surface area contributed by atoms with Crippen molar-refractivity contribution in [2.75, 3.05) is 0 Å². The lowest BCUT2D eigenvalue weighted by Gasteiger charge is -2.21. The molecule has 1 aliphatic heterocycles. The van der Waals surface area contributed by atoms with E-state index in [0.717, 1.165) is 5.56 Å². The van der Waals surface area contributed by atoms with Crippen LogP contribution in [-0.2, 0) is 0 Å². The number of hydrogen-bond acceptors (Lipinski definition) is 2. The molecule has 0 spiro atoms. The number of halogens is 2. The SMILES string of the molecule is Cc1ccc2c(c1)Oc1cc(Cl)c(Cl)cc1O2. The maximum atomic E-state index is 5.94. The van der Waals surface area contributed by atoms with Crippen molar-refractivity contribution in [3.63, 3.8) is 0 Å². The normalized spacial score (nSPS) is 12.2. The molecule has 2 aromatic rings. The Bertz CT molecular complexity index is 609. The van der Waals surface area contributed by atoms with Crippen LogP contribution in [0.1, 0.15) is 5.56 Å². The summed E-state index contributed by atoms with van der Waals surface area (Å²) in [6.07, 6.45) is 0. The predicted octanol–water partition coefficient (Wildman–Crippen LogP) is 5.20. The van der Waals surface area contributed by atoms with Gasteiger partial charge in [0.25, 0.3) is 0 Å². The number of benzene rings is 2. The van der Waals surface area contributed by atoms with Crippen LogP contribution < -0.4 is 9.47 Å². The highest BCUT2D eigenvalue weighted by Gasteiger charge is 2.20. The second-order valence-electron chi connectivity index (χ2n) is 3.87. The third-order valence-electron chi connectivity index (χ3n) is 2.53. The maximum absolute atomic E-state index is 5.94. The maximum Gasteiger partial charge on any atom is 0.171 e. The highest BCUT2D eigenvalue weighted by atomic mass is 35.5. The lowest BCUT2D eigenvalue weighted by molar-refractivity contribution is 0.359. The summed E-state index contributed by atoms with van der Waals surface area (Å²) in [6.45, 7) is 1.99. The minimum atomic E-state index is 0.449. The molecule has 0 saturated carbocycles. The minimum absolute atomic E-state index is 0.449. The molecule has 0 aromatic heterocycles. The monoisotopic (exact) mass is 266 g/mol. The molecule has 0 unspecified atom stereocenters. The molecular formula is C13H8Cl2O2. The standard InChI is InChI=1S/C13H8Cl2O2/c1-7-2-3-10-11(4-7)17-13-6-9(15)8(14)5-12(13)16-10/h2-6H,1H3. The Morgan fingerprint density at radius 1 is 0.765 bits per heavy atom. The molecule has 0 N–H and O–H groups in total. The molecule has 17 heavy (non-hydrogen) atoms. The van der Waals surface area contributed by atoms with E-state index < -0.39 is 0 Å². The molecule has 4 heteroatoms. The van der Waals surface area contributed by atoms with Crippen molar-refractivity contribution in [3.05, 3.63) is 45.9 Å². The Labute approximate surface area is 109 Å². The van der Waals surface area contributed by atoms with Crippen LogP contribution in [0.2, 0.25) is 10.0 Å². The topological polar surface area (TPSA) is 18.5 Å². The summed E-state index contributed by atoms with van der Waals surface area (Å²) in [7, 11) is 0. The second-order valence-corrected chi connectivity index (χ2v) is 4.68. The molecule has 3 rings (SSSR count). The number of rotatable bonds is 0. The number of hydrogen-bond donors (Lipinski definition) is 0. The van der Waals surface area contributed by atoms with E-state index in [2.05, 4.69) is 0 Å². The highest BCUT2D eigenvalue weighted by molar-refractivity contribution is 6.42. The van der Waals surface area contributed by atoms with Crippen molar-refractivity contribution >= 4 is 23.2 Å². The first-order chi connectivity index (χ1) is 8.13. The highest BCUT2D eigenvalue weighted by Crippen LogP contribution is 2.47. The van der Waals surface area contributed by atoms with Gasteiger partial charge in [-0.2, -0.15) is 0 Å². The summed E-state index contributed by atoms with van der Waals surface area (Å²) in [6, 6.07) is 9.06.